The number of allylic oxidation sites excluding steroid dienone is 1. The summed E-state index contributed by atoms with van der Waals surface area (Å²) in [7, 11) is 1.59. The second-order valence-electron chi connectivity index (χ2n) is 5.92. The molecule has 1 unspecified atom stereocenters. The monoisotopic (exact) mass is 424 g/mol. The lowest BCUT2D eigenvalue weighted by Crippen LogP contribution is -2.48. The fourth-order valence-corrected chi connectivity index (χ4v) is 3.33. The molecule has 142 valence electrons. The van der Waals surface area contributed by atoms with E-state index in [9.17, 15) is 9.59 Å². The van der Waals surface area contributed by atoms with Crippen LogP contribution < -0.4 is 10.1 Å². The molecule has 26 heavy (non-hydrogen) atoms. The molecule has 0 bridgehead atoms. The van der Waals surface area contributed by atoms with Crippen LogP contribution in [-0.2, 0) is 9.53 Å². The summed E-state index contributed by atoms with van der Waals surface area (Å²) in [6.45, 7) is 4.41. The highest BCUT2D eigenvalue weighted by molar-refractivity contribution is 9.09. The molecule has 0 saturated heterocycles. The molecule has 1 aliphatic heterocycles. The molecule has 1 N–H and O–H groups in total. The van der Waals surface area contributed by atoms with Crippen LogP contribution in [0.1, 0.15) is 38.3 Å². The molecule has 6 nitrogen and oxygen atoms in total. The third-order valence-electron chi connectivity index (χ3n) is 4.31. The summed E-state index contributed by atoms with van der Waals surface area (Å²) in [6, 6.07) is 6.56. The number of halogens is 1. The topological polar surface area (TPSA) is 67.9 Å². The van der Waals surface area contributed by atoms with Gasteiger partial charge in [0, 0.05) is 17.6 Å². The number of carbonyl (C=O) groups is 2. The van der Waals surface area contributed by atoms with Gasteiger partial charge in [0.25, 0.3) is 0 Å². The third-order valence-corrected chi connectivity index (χ3v) is 4.87. The van der Waals surface area contributed by atoms with Crippen LogP contribution in [0, 0.1) is 0 Å². The van der Waals surface area contributed by atoms with Crippen molar-refractivity contribution in [2.75, 3.05) is 25.6 Å². The highest BCUT2D eigenvalue weighted by Gasteiger charge is 2.36. The van der Waals surface area contributed by atoms with E-state index < -0.39 is 12.0 Å². The van der Waals surface area contributed by atoms with Gasteiger partial charge in [0.1, 0.15) is 5.75 Å². The van der Waals surface area contributed by atoms with Crippen LogP contribution in [0.4, 0.5) is 4.79 Å². The van der Waals surface area contributed by atoms with E-state index in [4.69, 9.17) is 9.47 Å². The summed E-state index contributed by atoms with van der Waals surface area (Å²) in [5.41, 5.74) is 1.92. The molecule has 0 saturated carbocycles. The van der Waals surface area contributed by atoms with Gasteiger partial charge in [-0.05, 0) is 44.4 Å². The molecule has 2 rings (SSSR count). The van der Waals surface area contributed by atoms with E-state index in [0.29, 0.717) is 23.6 Å². The van der Waals surface area contributed by atoms with Crippen molar-refractivity contribution in [2.45, 2.75) is 32.7 Å². The van der Waals surface area contributed by atoms with Gasteiger partial charge in [-0.25, -0.2) is 9.59 Å². The first-order valence-corrected chi connectivity index (χ1v) is 9.81. The van der Waals surface area contributed by atoms with Crippen molar-refractivity contribution in [1.29, 1.82) is 0 Å². The van der Waals surface area contributed by atoms with Crippen molar-refractivity contribution < 1.29 is 19.1 Å². The molecular weight excluding hydrogens is 400 g/mol. The van der Waals surface area contributed by atoms with Gasteiger partial charge in [0.15, 0.2) is 0 Å². The van der Waals surface area contributed by atoms with Crippen LogP contribution in [0.15, 0.2) is 35.5 Å². The van der Waals surface area contributed by atoms with Gasteiger partial charge in [-0.3, -0.25) is 4.90 Å². The first-order valence-electron chi connectivity index (χ1n) is 8.69. The van der Waals surface area contributed by atoms with Gasteiger partial charge in [-0.1, -0.05) is 28.1 Å². The molecule has 0 spiro atoms. The SMILES string of the molecule is CCOC(=O)C1=C(C)N(CCCCBr)C(=O)NC1c1ccc(OC)cc1. The standard InChI is InChI=1S/C19H25BrN2O4/c1-4-26-18(23)16-13(2)22(12-6-5-11-20)19(24)21-17(16)14-7-9-15(25-3)10-8-14/h7-10,17H,4-6,11-12H2,1-3H3,(H,21,24). The number of amides is 2. The van der Waals surface area contributed by atoms with Crippen molar-refractivity contribution in [3.05, 3.63) is 41.1 Å². The lowest BCUT2D eigenvalue weighted by atomic mass is 9.94. The Morgan fingerprint density at radius 2 is 1.96 bits per heavy atom. The molecule has 0 aliphatic carbocycles. The predicted molar refractivity (Wildman–Crippen MR) is 103 cm³/mol. The molecular formula is C19H25BrN2O4. The van der Waals surface area contributed by atoms with Crippen LogP contribution in [-0.4, -0.2) is 42.5 Å². The number of nitrogens with zero attached hydrogens (tertiary/aromatic N) is 1. The number of urea groups is 1. The maximum atomic E-state index is 12.6. The van der Waals surface area contributed by atoms with Crippen molar-refractivity contribution in [3.8, 4) is 5.75 Å². The van der Waals surface area contributed by atoms with Gasteiger partial charge in [0.05, 0.1) is 25.3 Å². The number of benzene rings is 1. The Hall–Kier alpha value is -2.02. The van der Waals surface area contributed by atoms with Crippen LogP contribution in [0.5, 0.6) is 5.75 Å². The number of hydrogen-bond acceptors (Lipinski definition) is 4. The van der Waals surface area contributed by atoms with Gasteiger partial charge in [-0.15, -0.1) is 0 Å². The molecule has 1 heterocycles. The summed E-state index contributed by atoms with van der Waals surface area (Å²) >= 11 is 3.40. The molecule has 2 amide bonds. The Kier molecular flexibility index (Phi) is 7.50. The Balaban J connectivity index is 2.39. The highest BCUT2D eigenvalue weighted by atomic mass is 79.9. The fourth-order valence-electron chi connectivity index (χ4n) is 2.93. The summed E-state index contributed by atoms with van der Waals surface area (Å²) < 4.78 is 10.4. The third kappa shape index (κ3) is 4.58. The van der Waals surface area contributed by atoms with E-state index in [2.05, 4.69) is 21.2 Å². The van der Waals surface area contributed by atoms with Crippen LogP contribution in [0.25, 0.3) is 0 Å². The lowest BCUT2D eigenvalue weighted by molar-refractivity contribution is -0.139. The first kappa shape index (κ1) is 20.3. The van der Waals surface area contributed by atoms with Gasteiger partial charge < -0.3 is 14.8 Å². The number of carbonyl (C=O) groups excluding carboxylic acids is 2. The summed E-state index contributed by atoms with van der Waals surface area (Å²) in [6.07, 6.45) is 1.80. The van der Waals surface area contributed by atoms with Crippen LogP contribution >= 0.6 is 15.9 Å². The smallest absolute Gasteiger partial charge is 0.338 e. The Bertz CT molecular complexity index is 673. The van der Waals surface area contributed by atoms with E-state index in [1.165, 1.54) is 0 Å². The number of methoxy groups -OCH3 is 1. The Morgan fingerprint density at radius 1 is 1.27 bits per heavy atom. The molecule has 1 aromatic carbocycles. The minimum Gasteiger partial charge on any atom is -0.497 e. The number of nitrogens with one attached hydrogen (secondary N) is 1. The fraction of sp³-hybridized carbons (Fsp3) is 0.474. The molecule has 1 aromatic rings. The summed E-state index contributed by atoms with van der Waals surface area (Å²) in [5.74, 6) is 0.307. The zero-order valence-corrected chi connectivity index (χ0v) is 17.0. The van der Waals surface area contributed by atoms with Gasteiger partial charge in [0.2, 0.25) is 0 Å². The number of unbranched alkanes of at least 4 members (excludes halogenated alkanes) is 1. The van der Waals surface area contributed by atoms with E-state index >= 15 is 0 Å². The van der Waals surface area contributed by atoms with Crippen molar-refractivity contribution in [2.24, 2.45) is 0 Å². The Labute approximate surface area is 162 Å². The molecule has 0 radical (unpaired) electrons. The zero-order chi connectivity index (χ0) is 19.1. The largest absolute Gasteiger partial charge is 0.497 e. The number of alkyl halides is 1. The minimum absolute atomic E-state index is 0.203. The summed E-state index contributed by atoms with van der Waals surface area (Å²) in [5, 5.41) is 3.82. The number of esters is 1. The van der Waals surface area contributed by atoms with Gasteiger partial charge >= 0.3 is 12.0 Å². The highest BCUT2D eigenvalue weighted by Crippen LogP contribution is 2.32. The molecule has 1 aliphatic rings. The van der Waals surface area contributed by atoms with Crippen molar-refractivity contribution >= 4 is 27.9 Å². The van der Waals surface area contributed by atoms with Crippen LogP contribution in [0.2, 0.25) is 0 Å². The van der Waals surface area contributed by atoms with Gasteiger partial charge in [-0.2, -0.15) is 0 Å². The normalized spacial score (nSPS) is 17.2. The maximum absolute atomic E-state index is 12.6. The van der Waals surface area contributed by atoms with Crippen molar-refractivity contribution in [1.82, 2.24) is 10.2 Å². The maximum Gasteiger partial charge on any atom is 0.338 e. The van der Waals surface area contributed by atoms with E-state index in [1.807, 2.05) is 24.3 Å². The number of rotatable bonds is 8. The average Bonchev–Trinajstić information content (AvgIpc) is 2.64. The van der Waals surface area contributed by atoms with E-state index in [0.717, 1.165) is 23.7 Å². The molecule has 0 fully saturated rings. The van der Waals surface area contributed by atoms with E-state index in [-0.39, 0.29) is 12.6 Å². The zero-order valence-electron chi connectivity index (χ0n) is 15.4. The van der Waals surface area contributed by atoms with Crippen molar-refractivity contribution in [3.63, 3.8) is 0 Å². The number of hydrogen-bond donors (Lipinski definition) is 1. The number of ether oxygens (including phenoxy) is 2. The molecule has 7 heteroatoms. The Morgan fingerprint density at radius 3 is 2.54 bits per heavy atom. The first-order chi connectivity index (χ1) is 12.5. The lowest BCUT2D eigenvalue weighted by Gasteiger charge is -2.35. The quantitative estimate of drug-likeness (QED) is 0.391. The predicted octanol–water partition coefficient (Wildman–Crippen LogP) is 3.77. The molecule has 0 aromatic heterocycles. The minimum atomic E-state index is -0.542. The second kappa shape index (κ2) is 9.62. The van der Waals surface area contributed by atoms with E-state index in [1.54, 1.807) is 25.9 Å². The van der Waals surface area contributed by atoms with Crippen LogP contribution in [0.3, 0.4) is 0 Å². The molecule has 1 atom stereocenters. The average molecular weight is 425 g/mol. The second-order valence-corrected chi connectivity index (χ2v) is 6.72. The summed E-state index contributed by atoms with van der Waals surface area (Å²) in [4.78, 5) is 26.9.